The van der Waals surface area contributed by atoms with Crippen molar-refractivity contribution in [2.24, 2.45) is 4.99 Å². The molecule has 2 N–H and O–H groups in total. The van der Waals surface area contributed by atoms with Gasteiger partial charge >= 0.3 is 0 Å². The molecule has 0 radical (unpaired) electrons. The Kier molecular flexibility index (Phi) is 6.67. The lowest BCUT2D eigenvalue weighted by Gasteiger charge is -2.27. The Bertz CT molecular complexity index is 870. The standard InChI is InChI=1S/C23H30FN5O/c1-2-25-23(27-15-17-7-3-4-11-21(17)30-19-8-5-9-19)28-18-12-14-29(16-18)22-20(24)10-6-13-26-22/h3-4,6-7,10-11,13,18-19H,2,5,8-9,12,14-16H2,1H3,(H2,25,27,28). The molecule has 1 aliphatic heterocycles. The maximum atomic E-state index is 14.0. The van der Waals surface area contributed by atoms with Gasteiger partial charge in [-0.2, -0.15) is 0 Å². The number of ether oxygens (including phenoxy) is 1. The number of guanidine groups is 1. The Balaban J connectivity index is 1.38. The van der Waals surface area contributed by atoms with Gasteiger partial charge in [0.25, 0.3) is 0 Å². The van der Waals surface area contributed by atoms with Crippen molar-refractivity contribution >= 4 is 11.8 Å². The van der Waals surface area contributed by atoms with E-state index in [0.29, 0.717) is 25.0 Å². The summed E-state index contributed by atoms with van der Waals surface area (Å²) in [5.41, 5.74) is 1.09. The number of anilines is 1. The van der Waals surface area contributed by atoms with Crippen molar-refractivity contribution in [2.75, 3.05) is 24.5 Å². The predicted octanol–water partition coefficient (Wildman–Crippen LogP) is 3.49. The van der Waals surface area contributed by atoms with Gasteiger partial charge in [-0.3, -0.25) is 0 Å². The van der Waals surface area contributed by atoms with Crippen LogP contribution in [-0.2, 0) is 6.54 Å². The van der Waals surface area contributed by atoms with Gasteiger partial charge in [0, 0.05) is 37.4 Å². The highest BCUT2D eigenvalue weighted by atomic mass is 19.1. The Morgan fingerprint density at radius 3 is 2.87 bits per heavy atom. The summed E-state index contributed by atoms with van der Waals surface area (Å²) in [7, 11) is 0. The highest BCUT2D eigenvalue weighted by molar-refractivity contribution is 5.80. The topological polar surface area (TPSA) is 61.8 Å². The van der Waals surface area contributed by atoms with Crippen molar-refractivity contribution < 1.29 is 9.13 Å². The minimum Gasteiger partial charge on any atom is -0.490 e. The normalized spacial score (nSPS) is 19.5. The lowest BCUT2D eigenvalue weighted by Crippen LogP contribution is -2.44. The SMILES string of the molecule is CCNC(=NCc1ccccc1OC1CCC1)NC1CCN(c2ncccc2F)C1. The number of rotatable bonds is 7. The average molecular weight is 412 g/mol. The molecule has 1 aromatic carbocycles. The number of para-hydroxylation sites is 1. The summed E-state index contributed by atoms with van der Waals surface area (Å²) < 4.78 is 20.2. The molecule has 0 amide bonds. The second-order valence-electron chi connectivity index (χ2n) is 7.86. The van der Waals surface area contributed by atoms with Crippen LogP contribution in [-0.4, -0.2) is 42.7 Å². The molecule has 1 aromatic heterocycles. The molecule has 2 heterocycles. The molecule has 30 heavy (non-hydrogen) atoms. The molecule has 160 valence electrons. The second-order valence-corrected chi connectivity index (χ2v) is 7.86. The first-order valence-corrected chi connectivity index (χ1v) is 10.9. The minimum atomic E-state index is -0.276. The summed E-state index contributed by atoms with van der Waals surface area (Å²) in [4.78, 5) is 11.0. The third-order valence-corrected chi connectivity index (χ3v) is 5.64. The van der Waals surface area contributed by atoms with E-state index in [0.717, 1.165) is 49.6 Å². The van der Waals surface area contributed by atoms with Crippen LogP contribution in [0.15, 0.2) is 47.6 Å². The van der Waals surface area contributed by atoms with Gasteiger partial charge in [0.1, 0.15) is 5.75 Å². The van der Waals surface area contributed by atoms with E-state index in [1.807, 2.05) is 23.1 Å². The lowest BCUT2D eigenvalue weighted by molar-refractivity contribution is 0.119. The average Bonchev–Trinajstić information content (AvgIpc) is 3.18. The number of hydrogen-bond donors (Lipinski definition) is 2. The van der Waals surface area contributed by atoms with Crippen molar-refractivity contribution in [3.8, 4) is 5.75 Å². The molecule has 1 unspecified atom stereocenters. The van der Waals surface area contributed by atoms with E-state index in [1.165, 1.54) is 12.5 Å². The van der Waals surface area contributed by atoms with Gasteiger partial charge < -0.3 is 20.3 Å². The quantitative estimate of drug-likeness (QED) is 0.540. The molecular weight excluding hydrogens is 381 g/mol. The zero-order valence-corrected chi connectivity index (χ0v) is 17.5. The van der Waals surface area contributed by atoms with E-state index >= 15 is 0 Å². The van der Waals surface area contributed by atoms with Crippen LogP contribution in [0.3, 0.4) is 0 Å². The molecule has 2 aromatic rings. The van der Waals surface area contributed by atoms with Gasteiger partial charge in [-0.1, -0.05) is 18.2 Å². The monoisotopic (exact) mass is 411 g/mol. The molecular formula is C23H30FN5O. The zero-order valence-electron chi connectivity index (χ0n) is 17.5. The van der Waals surface area contributed by atoms with E-state index in [4.69, 9.17) is 9.73 Å². The number of aromatic nitrogens is 1. The highest BCUT2D eigenvalue weighted by Crippen LogP contribution is 2.28. The molecule has 7 heteroatoms. The van der Waals surface area contributed by atoms with Crippen LogP contribution < -0.4 is 20.3 Å². The summed E-state index contributed by atoms with van der Waals surface area (Å²) in [6, 6.07) is 11.4. The Morgan fingerprint density at radius 1 is 1.23 bits per heavy atom. The lowest BCUT2D eigenvalue weighted by atomic mass is 9.96. The molecule has 2 aliphatic rings. The van der Waals surface area contributed by atoms with Gasteiger partial charge in [0.15, 0.2) is 17.6 Å². The number of halogens is 1. The smallest absolute Gasteiger partial charge is 0.191 e. The third-order valence-electron chi connectivity index (χ3n) is 5.64. The van der Waals surface area contributed by atoms with Crippen molar-refractivity contribution in [3.05, 3.63) is 54.0 Å². The Morgan fingerprint density at radius 2 is 2.10 bits per heavy atom. The van der Waals surface area contributed by atoms with Crippen LogP contribution in [0.5, 0.6) is 5.75 Å². The maximum absolute atomic E-state index is 14.0. The fraction of sp³-hybridized carbons (Fsp3) is 0.478. The van der Waals surface area contributed by atoms with Gasteiger partial charge in [0.05, 0.1) is 12.6 Å². The van der Waals surface area contributed by atoms with Gasteiger partial charge in [-0.15, -0.1) is 0 Å². The van der Waals surface area contributed by atoms with Crippen molar-refractivity contribution in [2.45, 2.75) is 51.3 Å². The van der Waals surface area contributed by atoms with Crippen molar-refractivity contribution in [1.82, 2.24) is 15.6 Å². The number of nitrogens with zero attached hydrogens (tertiary/aromatic N) is 3. The first kappa shape index (κ1) is 20.4. The number of nitrogens with one attached hydrogen (secondary N) is 2. The number of aliphatic imine (C=N–C) groups is 1. The molecule has 1 aliphatic carbocycles. The predicted molar refractivity (Wildman–Crippen MR) is 117 cm³/mol. The molecule has 0 bridgehead atoms. The molecule has 1 saturated carbocycles. The van der Waals surface area contributed by atoms with E-state index in [-0.39, 0.29) is 11.9 Å². The van der Waals surface area contributed by atoms with Crippen molar-refractivity contribution in [1.29, 1.82) is 0 Å². The maximum Gasteiger partial charge on any atom is 0.191 e. The molecule has 4 rings (SSSR count). The van der Waals surface area contributed by atoms with Crippen LogP contribution in [0.2, 0.25) is 0 Å². The molecule has 2 fully saturated rings. The summed E-state index contributed by atoms with van der Waals surface area (Å²) >= 11 is 0. The van der Waals surface area contributed by atoms with Crippen molar-refractivity contribution in [3.63, 3.8) is 0 Å². The zero-order chi connectivity index (χ0) is 20.8. The first-order chi connectivity index (χ1) is 14.7. The number of pyridine rings is 1. The molecule has 0 spiro atoms. The number of hydrogen-bond acceptors (Lipinski definition) is 4. The van der Waals surface area contributed by atoms with Crippen LogP contribution >= 0.6 is 0 Å². The van der Waals surface area contributed by atoms with Gasteiger partial charge in [-0.05, 0) is 50.8 Å². The summed E-state index contributed by atoms with van der Waals surface area (Å²) in [5.74, 6) is 1.84. The van der Waals surface area contributed by atoms with E-state index in [2.05, 4.69) is 28.6 Å². The fourth-order valence-electron chi connectivity index (χ4n) is 3.78. The molecule has 6 nitrogen and oxygen atoms in total. The molecule has 1 atom stereocenters. The van der Waals surface area contributed by atoms with Crippen LogP contribution in [0.4, 0.5) is 10.2 Å². The second kappa shape index (κ2) is 9.78. The molecule has 1 saturated heterocycles. The summed E-state index contributed by atoms with van der Waals surface area (Å²) in [6.07, 6.45) is 6.40. The Hall–Kier alpha value is -2.83. The third kappa shape index (κ3) is 5.01. The van der Waals surface area contributed by atoms with E-state index in [1.54, 1.807) is 12.3 Å². The van der Waals surface area contributed by atoms with Gasteiger partial charge in [-0.25, -0.2) is 14.4 Å². The van der Waals surface area contributed by atoms with Crippen LogP contribution in [0.1, 0.15) is 38.2 Å². The van der Waals surface area contributed by atoms with Gasteiger partial charge in [0.2, 0.25) is 0 Å². The largest absolute Gasteiger partial charge is 0.490 e. The van der Waals surface area contributed by atoms with E-state index in [9.17, 15) is 4.39 Å². The minimum absolute atomic E-state index is 0.186. The fourth-order valence-corrected chi connectivity index (χ4v) is 3.78. The Labute approximate surface area is 177 Å². The summed E-state index contributed by atoms with van der Waals surface area (Å²) in [5, 5.41) is 6.81. The number of benzene rings is 1. The van der Waals surface area contributed by atoms with Crippen LogP contribution in [0, 0.1) is 5.82 Å². The summed E-state index contributed by atoms with van der Waals surface area (Å²) in [6.45, 7) is 4.83. The van der Waals surface area contributed by atoms with Crippen LogP contribution in [0.25, 0.3) is 0 Å². The highest BCUT2D eigenvalue weighted by Gasteiger charge is 2.26. The first-order valence-electron chi connectivity index (χ1n) is 10.9. The van der Waals surface area contributed by atoms with E-state index < -0.39 is 0 Å².